The van der Waals surface area contributed by atoms with Gasteiger partial charge in [-0.1, -0.05) is 78.9 Å². The zero-order chi connectivity index (χ0) is 17.8. The molecular weight excluding hydrogens is 330 g/mol. The van der Waals surface area contributed by atoms with Crippen molar-refractivity contribution in [1.82, 2.24) is 0 Å². The second-order valence-corrected chi connectivity index (χ2v) is 6.98. The van der Waals surface area contributed by atoms with Gasteiger partial charge in [-0.25, -0.2) is 0 Å². The molecule has 0 saturated carbocycles. The third kappa shape index (κ3) is 1.79. The summed E-state index contributed by atoms with van der Waals surface area (Å²) in [6, 6.07) is 36.0. The van der Waals surface area contributed by atoms with Crippen molar-refractivity contribution in [1.29, 1.82) is 0 Å². The maximum atomic E-state index is 6.80. The maximum absolute atomic E-state index is 6.80. The van der Waals surface area contributed by atoms with Gasteiger partial charge in [-0.15, -0.1) is 0 Å². The van der Waals surface area contributed by atoms with Gasteiger partial charge < -0.3 is 4.74 Å². The SMILES string of the molecule is c1ccc(N2c3ccccc3OC23c2ccccc2-c2ccccc23)cc1. The first-order valence-electron chi connectivity index (χ1n) is 9.22. The molecule has 6 rings (SSSR count). The third-order valence-electron chi connectivity index (χ3n) is 5.57. The number of fused-ring (bicyclic) bond motifs is 6. The molecule has 1 spiro atoms. The Labute approximate surface area is 158 Å². The summed E-state index contributed by atoms with van der Waals surface area (Å²) in [6.45, 7) is 0. The van der Waals surface area contributed by atoms with Crippen LogP contribution in [0.3, 0.4) is 0 Å². The number of rotatable bonds is 1. The zero-order valence-corrected chi connectivity index (χ0v) is 14.7. The van der Waals surface area contributed by atoms with E-state index >= 15 is 0 Å². The zero-order valence-electron chi connectivity index (χ0n) is 14.7. The lowest BCUT2D eigenvalue weighted by molar-refractivity contribution is 0.148. The number of hydrogen-bond donors (Lipinski definition) is 0. The summed E-state index contributed by atoms with van der Waals surface area (Å²) in [6.07, 6.45) is 0. The van der Waals surface area contributed by atoms with Crippen molar-refractivity contribution < 1.29 is 4.74 Å². The Morgan fingerprint density at radius 3 is 1.81 bits per heavy atom. The Balaban J connectivity index is 1.73. The van der Waals surface area contributed by atoms with Crippen LogP contribution in [-0.4, -0.2) is 0 Å². The van der Waals surface area contributed by atoms with Crippen LogP contribution < -0.4 is 9.64 Å². The molecule has 0 bridgehead atoms. The van der Waals surface area contributed by atoms with E-state index in [-0.39, 0.29) is 0 Å². The van der Waals surface area contributed by atoms with Gasteiger partial charge in [-0.05, 0) is 35.4 Å². The summed E-state index contributed by atoms with van der Waals surface area (Å²) in [5, 5.41) is 0. The van der Waals surface area contributed by atoms with Crippen molar-refractivity contribution in [2.24, 2.45) is 0 Å². The van der Waals surface area contributed by atoms with Gasteiger partial charge in [0.2, 0.25) is 5.72 Å². The highest BCUT2D eigenvalue weighted by atomic mass is 16.5. The van der Waals surface area contributed by atoms with Crippen LogP contribution in [0, 0.1) is 0 Å². The predicted molar refractivity (Wildman–Crippen MR) is 108 cm³/mol. The molecule has 128 valence electrons. The van der Waals surface area contributed by atoms with Crippen LogP contribution in [0.2, 0.25) is 0 Å². The summed E-state index contributed by atoms with van der Waals surface area (Å²) < 4.78 is 6.80. The van der Waals surface area contributed by atoms with Crippen molar-refractivity contribution in [3.8, 4) is 16.9 Å². The molecule has 2 aliphatic rings. The number of hydrogen-bond acceptors (Lipinski definition) is 2. The van der Waals surface area contributed by atoms with Crippen molar-refractivity contribution >= 4 is 11.4 Å². The Morgan fingerprint density at radius 1 is 0.556 bits per heavy atom. The van der Waals surface area contributed by atoms with Gasteiger partial charge in [0.25, 0.3) is 0 Å². The van der Waals surface area contributed by atoms with Crippen LogP contribution >= 0.6 is 0 Å². The van der Waals surface area contributed by atoms with E-state index in [0.29, 0.717) is 0 Å². The number of para-hydroxylation sites is 3. The second kappa shape index (κ2) is 5.24. The first-order valence-corrected chi connectivity index (χ1v) is 9.22. The second-order valence-electron chi connectivity index (χ2n) is 6.98. The minimum Gasteiger partial charge on any atom is -0.457 e. The van der Waals surface area contributed by atoms with Gasteiger partial charge in [0.15, 0.2) is 0 Å². The molecular formula is C25H17NO. The maximum Gasteiger partial charge on any atom is 0.241 e. The van der Waals surface area contributed by atoms with Crippen LogP contribution in [0.1, 0.15) is 11.1 Å². The van der Waals surface area contributed by atoms with E-state index in [4.69, 9.17) is 4.74 Å². The van der Waals surface area contributed by atoms with E-state index in [1.54, 1.807) is 0 Å². The van der Waals surface area contributed by atoms with Gasteiger partial charge in [0.1, 0.15) is 5.75 Å². The number of anilines is 2. The van der Waals surface area contributed by atoms with E-state index in [2.05, 4.69) is 102 Å². The van der Waals surface area contributed by atoms with E-state index in [1.807, 2.05) is 6.07 Å². The molecule has 1 heterocycles. The molecule has 0 radical (unpaired) electrons. The molecule has 4 aromatic carbocycles. The van der Waals surface area contributed by atoms with Gasteiger partial charge in [-0.2, -0.15) is 0 Å². The van der Waals surface area contributed by atoms with Crippen molar-refractivity contribution in [3.63, 3.8) is 0 Å². The molecule has 27 heavy (non-hydrogen) atoms. The van der Waals surface area contributed by atoms with E-state index in [1.165, 1.54) is 22.3 Å². The van der Waals surface area contributed by atoms with Gasteiger partial charge in [0, 0.05) is 16.8 Å². The van der Waals surface area contributed by atoms with Crippen LogP contribution in [0.5, 0.6) is 5.75 Å². The minimum atomic E-state index is -0.682. The first kappa shape index (κ1) is 14.6. The molecule has 2 nitrogen and oxygen atoms in total. The fourth-order valence-electron chi connectivity index (χ4n) is 4.52. The molecule has 0 atom stereocenters. The average molecular weight is 347 g/mol. The standard InChI is InChI=1S/C25H17NO/c1-2-10-18(11-3-1)26-23-16-8-9-17-24(23)27-25(26)21-14-6-4-12-19(21)20-13-5-7-15-22(20)25/h1-17H. The van der Waals surface area contributed by atoms with E-state index in [0.717, 1.165) is 17.1 Å². The fraction of sp³-hybridized carbons (Fsp3) is 0.0400. The van der Waals surface area contributed by atoms with Crippen LogP contribution in [0.4, 0.5) is 11.4 Å². The van der Waals surface area contributed by atoms with Gasteiger partial charge >= 0.3 is 0 Å². The third-order valence-corrected chi connectivity index (χ3v) is 5.57. The van der Waals surface area contributed by atoms with E-state index in [9.17, 15) is 0 Å². The molecule has 0 aromatic heterocycles. The molecule has 2 heteroatoms. The summed E-state index contributed by atoms with van der Waals surface area (Å²) in [4.78, 5) is 2.34. The van der Waals surface area contributed by atoms with Crippen molar-refractivity contribution in [3.05, 3.63) is 114 Å². The van der Waals surface area contributed by atoms with Crippen LogP contribution in [-0.2, 0) is 5.72 Å². The molecule has 0 N–H and O–H groups in total. The predicted octanol–water partition coefficient (Wildman–Crippen LogP) is 6.10. The van der Waals surface area contributed by atoms with Crippen molar-refractivity contribution in [2.45, 2.75) is 5.72 Å². The first-order chi connectivity index (χ1) is 13.4. The van der Waals surface area contributed by atoms with Crippen LogP contribution in [0.15, 0.2) is 103 Å². The summed E-state index contributed by atoms with van der Waals surface area (Å²) in [7, 11) is 0. The lowest BCUT2D eigenvalue weighted by Gasteiger charge is -2.37. The normalized spacial score (nSPS) is 15.2. The smallest absolute Gasteiger partial charge is 0.241 e. The highest BCUT2D eigenvalue weighted by Gasteiger charge is 2.55. The topological polar surface area (TPSA) is 12.5 Å². The molecule has 1 aliphatic heterocycles. The Morgan fingerprint density at radius 2 is 1.11 bits per heavy atom. The highest BCUT2D eigenvalue weighted by molar-refractivity contribution is 5.87. The van der Waals surface area contributed by atoms with Crippen molar-refractivity contribution in [2.75, 3.05) is 4.90 Å². The van der Waals surface area contributed by atoms with Gasteiger partial charge in [0.05, 0.1) is 5.69 Å². The number of benzene rings is 4. The summed E-state index contributed by atoms with van der Waals surface area (Å²) in [5.41, 5.74) is 6.38. The van der Waals surface area contributed by atoms with E-state index < -0.39 is 5.72 Å². The minimum absolute atomic E-state index is 0.682. The lowest BCUT2D eigenvalue weighted by Crippen LogP contribution is -2.43. The molecule has 0 saturated heterocycles. The van der Waals surface area contributed by atoms with Crippen LogP contribution in [0.25, 0.3) is 11.1 Å². The monoisotopic (exact) mass is 347 g/mol. The number of ether oxygens (including phenoxy) is 1. The molecule has 4 aromatic rings. The Bertz CT molecular complexity index is 1120. The fourth-order valence-corrected chi connectivity index (χ4v) is 4.52. The quantitative estimate of drug-likeness (QED) is 0.412. The molecule has 1 aliphatic carbocycles. The average Bonchev–Trinajstić information content (AvgIpc) is 3.23. The Kier molecular flexibility index (Phi) is 2.84. The largest absolute Gasteiger partial charge is 0.457 e. The number of nitrogens with zero attached hydrogens (tertiary/aromatic N) is 1. The molecule has 0 unspecified atom stereocenters. The lowest BCUT2D eigenvalue weighted by atomic mass is 9.98. The summed E-state index contributed by atoms with van der Waals surface area (Å²) >= 11 is 0. The summed E-state index contributed by atoms with van der Waals surface area (Å²) in [5.74, 6) is 0.910. The Hall–Kier alpha value is -3.52. The highest BCUT2D eigenvalue weighted by Crippen LogP contribution is 2.60. The van der Waals surface area contributed by atoms with Gasteiger partial charge in [-0.3, -0.25) is 4.90 Å². The molecule has 0 amide bonds. The molecule has 0 fully saturated rings.